The molecule has 0 saturated carbocycles. The molecule has 1 fully saturated rings. The summed E-state index contributed by atoms with van der Waals surface area (Å²) in [6, 6.07) is 15.4. The highest BCUT2D eigenvalue weighted by molar-refractivity contribution is 6.30. The van der Waals surface area contributed by atoms with Gasteiger partial charge in [0.05, 0.1) is 24.2 Å². The number of carbonyl (C=O) groups is 1. The molecule has 1 atom stereocenters. The molecule has 152 valence electrons. The van der Waals surface area contributed by atoms with Crippen LogP contribution in [0.2, 0.25) is 5.02 Å². The molecule has 1 amide bonds. The summed E-state index contributed by atoms with van der Waals surface area (Å²) >= 11 is 5.90. The number of rotatable bonds is 8. The van der Waals surface area contributed by atoms with Gasteiger partial charge < -0.3 is 19.4 Å². The number of aromatic nitrogens is 2. The molecule has 3 aromatic rings. The van der Waals surface area contributed by atoms with Crippen molar-refractivity contribution in [1.29, 1.82) is 0 Å². The van der Waals surface area contributed by atoms with Gasteiger partial charge in [0.15, 0.2) is 0 Å². The normalized spacial score (nSPS) is 16.2. The lowest BCUT2D eigenvalue weighted by Crippen LogP contribution is -2.34. The zero-order chi connectivity index (χ0) is 20.1. The number of fused-ring (bicyclic) bond motifs is 1. The van der Waals surface area contributed by atoms with E-state index >= 15 is 0 Å². The molecule has 1 N–H and O–H groups in total. The van der Waals surface area contributed by atoms with Crippen LogP contribution in [-0.2, 0) is 22.6 Å². The van der Waals surface area contributed by atoms with E-state index in [1.165, 1.54) is 0 Å². The van der Waals surface area contributed by atoms with Crippen molar-refractivity contribution in [3.8, 4) is 5.75 Å². The summed E-state index contributed by atoms with van der Waals surface area (Å²) in [7, 11) is 0. The third-order valence-electron chi connectivity index (χ3n) is 4.98. The number of hydrogen-bond donors (Lipinski definition) is 1. The van der Waals surface area contributed by atoms with Gasteiger partial charge in [-0.3, -0.25) is 4.79 Å². The molecule has 1 unspecified atom stereocenters. The molecule has 7 heteroatoms. The smallest absolute Gasteiger partial charge is 0.249 e. The van der Waals surface area contributed by atoms with E-state index in [0.29, 0.717) is 24.8 Å². The Hall–Kier alpha value is -2.57. The minimum atomic E-state index is -0.333. The Morgan fingerprint density at radius 1 is 1.24 bits per heavy atom. The van der Waals surface area contributed by atoms with Crippen LogP contribution in [-0.4, -0.2) is 34.8 Å². The number of aryl methyl sites for hydroxylation is 1. The Labute approximate surface area is 174 Å². The van der Waals surface area contributed by atoms with E-state index in [4.69, 9.17) is 26.1 Å². The number of nitrogens with one attached hydrogen (secondary N) is 1. The lowest BCUT2D eigenvalue weighted by atomic mass is 10.2. The van der Waals surface area contributed by atoms with E-state index in [0.717, 1.165) is 48.4 Å². The van der Waals surface area contributed by atoms with E-state index < -0.39 is 0 Å². The molecule has 4 rings (SSSR count). The topological polar surface area (TPSA) is 65.4 Å². The van der Waals surface area contributed by atoms with Crippen LogP contribution in [0.1, 0.15) is 25.1 Å². The summed E-state index contributed by atoms with van der Waals surface area (Å²) in [6.45, 7) is 2.37. The van der Waals surface area contributed by atoms with Crippen molar-refractivity contribution < 1.29 is 14.3 Å². The van der Waals surface area contributed by atoms with Crippen LogP contribution in [0.15, 0.2) is 48.5 Å². The van der Waals surface area contributed by atoms with Gasteiger partial charge in [0, 0.05) is 18.2 Å². The lowest BCUT2D eigenvalue weighted by molar-refractivity contribution is -0.130. The summed E-state index contributed by atoms with van der Waals surface area (Å²) in [5, 5.41) is 3.66. The van der Waals surface area contributed by atoms with Crippen LogP contribution in [0.5, 0.6) is 5.75 Å². The fraction of sp³-hybridized carbons (Fsp3) is 0.364. The van der Waals surface area contributed by atoms with Crippen molar-refractivity contribution >= 4 is 28.5 Å². The summed E-state index contributed by atoms with van der Waals surface area (Å²) in [5.41, 5.74) is 1.98. The number of amides is 1. The van der Waals surface area contributed by atoms with Crippen molar-refractivity contribution in [3.05, 3.63) is 59.4 Å². The Morgan fingerprint density at radius 2 is 2.07 bits per heavy atom. The molecule has 1 aromatic heterocycles. The van der Waals surface area contributed by atoms with E-state index in [1.54, 1.807) is 0 Å². The number of benzene rings is 2. The molecule has 1 aliphatic heterocycles. The van der Waals surface area contributed by atoms with Gasteiger partial charge >= 0.3 is 0 Å². The van der Waals surface area contributed by atoms with E-state index in [-0.39, 0.29) is 12.0 Å². The Kier molecular flexibility index (Phi) is 6.32. The van der Waals surface area contributed by atoms with Crippen LogP contribution >= 0.6 is 11.6 Å². The quantitative estimate of drug-likeness (QED) is 0.568. The summed E-state index contributed by atoms with van der Waals surface area (Å²) in [5.74, 6) is 1.57. The highest BCUT2D eigenvalue weighted by Crippen LogP contribution is 2.19. The Morgan fingerprint density at radius 3 is 2.86 bits per heavy atom. The van der Waals surface area contributed by atoms with Crippen LogP contribution in [0.3, 0.4) is 0 Å². The zero-order valence-electron chi connectivity index (χ0n) is 16.1. The second-order valence-corrected chi connectivity index (χ2v) is 7.48. The number of nitrogens with zero attached hydrogens (tertiary/aromatic N) is 2. The number of hydrogen-bond acceptors (Lipinski definition) is 4. The van der Waals surface area contributed by atoms with Crippen LogP contribution < -0.4 is 10.1 Å². The molecular formula is C22H24ClN3O3. The first-order valence-electron chi connectivity index (χ1n) is 9.92. The first kappa shape index (κ1) is 19.7. The van der Waals surface area contributed by atoms with Gasteiger partial charge in [-0.15, -0.1) is 0 Å². The number of halogens is 1. The predicted molar refractivity (Wildman–Crippen MR) is 112 cm³/mol. The third kappa shape index (κ3) is 4.89. The number of carbonyl (C=O) groups excluding carboxylic acids is 1. The average Bonchev–Trinajstić information content (AvgIpc) is 3.39. The maximum Gasteiger partial charge on any atom is 0.249 e. The molecular weight excluding hydrogens is 390 g/mol. The lowest BCUT2D eigenvalue weighted by Gasteiger charge is -2.13. The molecule has 2 aromatic carbocycles. The predicted octanol–water partition coefficient (Wildman–Crippen LogP) is 3.95. The maximum absolute atomic E-state index is 12.3. The van der Waals surface area contributed by atoms with Gasteiger partial charge in [0.2, 0.25) is 5.91 Å². The second-order valence-electron chi connectivity index (χ2n) is 7.04. The average molecular weight is 414 g/mol. The van der Waals surface area contributed by atoms with Crippen molar-refractivity contribution in [2.75, 3.05) is 13.2 Å². The molecule has 29 heavy (non-hydrogen) atoms. The fourth-order valence-electron chi connectivity index (χ4n) is 3.52. The first-order chi connectivity index (χ1) is 14.2. The van der Waals surface area contributed by atoms with E-state index in [9.17, 15) is 4.79 Å². The third-order valence-corrected chi connectivity index (χ3v) is 5.24. The van der Waals surface area contributed by atoms with Gasteiger partial charge in [0.1, 0.15) is 17.7 Å². The van der Waals surface area contributed by atoms with E-state index in [2.05, 4.69) is 9.88 Å². The SMILES string of the molecule is O=C(NCc1nc2ccccc2n1CCCOc1ccc(Cl)cc1)C1CCCO1. The molecule has 1 saturated heterocycles. The zero-order valence-corrected chi connectivity index (χ0v) is 16.9. The van der Waals surface area contributed by atoms with Crippen molar-refractivity contribution in [3.63, 3.8) is 0 Å². The van der Waals surface area contributed by atoms with Gasteiger partial charge in [0.25, 0.3) is 0 Å². The molecule has 1 aliphatic rings. The molecule has 0 spiro atoms. The summed E-state index contributed by atoms with van der Waals surface area (Å²) in [4.78, 5) is 17.0. The standard InChI is InChI=1S/C22H24ClN3O3/c23-16-8-10-17(11-9-16)28-14-4-12-26-19-6-2-1-5-18(19)25-21(26)15-24-22(27)20-7-3-13-29-20/h1-2,5-6,8-11,20H,3-4,7,12-15H2,(H,24,27). The van der Waals surface area contributed by atoms with Gasteiger partial charge in [-0.2, -0.15) is 0 Å². The summed E-state index contributed by atoms with van der Waals surface area (Å²) in [6.07, 6.45) is 2.20. The number of para-hydroxylation sites is 2. The van der Waals surface area contributed by atoms with Crippen LogP contribution in [0.4, 0.5) is 0 Å². The van der Waals surface area contributed by atoms with Crippen LogP contribution in [0, 0.1) is 0 Å². The fourth-order valence-corrected chi connectivity index (χ4v) is 3.64. The maximum atomic E-state index is 12.3. The summed E-state index contributed by atoms with van der Waals surface area (Å²) < 4.78 is 13.4. The minimum Gasteiger partial charge on any atom is -0.494 e. The molecule has 6 nitrogen and oxygen atoms in total. The Bertz CT molecular complexity index is 965. The highest BCUT2D eigenvalue weighted by Gasteiger charge is 2.23. The Balaban J connectivity index is 1.39. The molecule has 0 bridgehead atoms. The van der Waals surface area contributed by atoms with Gasteiger partial charge in [-0.1, -0.05) is 23.7 Å². The first-order valence-corrected chi connectivity index (χ1v) is 10.3. The van der Waals surface area contributed by atoms with Crippen LogP contribution in [0.25, 0.3) is 11.0 Å². The second kappa shape index (κ2) is 9.29. The molecule has 0 radical (unpaired) electrons. The molecule has 2 heterocycles. The van der Waals surface area contributed by atoms with E-state index in [1.807, 2.05) is 48.5 Å². The minimum absolute atomic E-state index is 0.0628. The number of imidazole rings is 1. The van der Waals surface area contributed by atoms with Crippen molar-refractivity contribution in [2.24, 2.45) is 0 Å². The monoisotopic (exact) mass is 413 g/mol. The van der Waals surface area contributed by atoms with Crippen molar-refractivity contribution in [1.82, 2.24) is 14.9 Å². The molecule has 0 aliphatic carbocycles. The largest absolute Gasteiger partial charge is 0.494 e. The van der Waals surface area contributed by atoms with Gasteiger partial charge in [-0.05, 0) is 55.7 Å². The highest BCUT2D eigenvalue weighted by atomic mass is 35.5. The van der Waals surface area contributed by atoms with Crippen molar-refractivity contribution in [2.45, 2.75) is 38.5 Å². The number of ether oxygens (including phenoxy) is 2. The van der Waals surface area contributed by atoms with Gasteiger partial charge in [-0.25, -0.2) is 4.98 Å².